The summed E-state index contributed by atoms with van der Waals surface area (Å²) in [4.78, 5) is 16.1. The molecule has 1 heterocycles. The second-order valence-corrected chi connectivity index (χ2v) is 5.15. The van der Waals surface area contributed by atoms with Gasteiger partial charge in [-0.2, -0.15) is 0 Å². The Hall–Kier alpha value is -3.35. The Morgan fingerprint density at radius 1 is 0.840 bits per heavy atom. The van der Waals surface area contributed by atoms with Crippen molar-refractivity contribution in [2.75, 3.05) is 10.6 Å². The number of hydrogen-bond donors (Lipinski definition) is 2. The zero-order valence-electron chi connectivity index (χ0n) is 12.8. The van der Waals surface area contributed by atoms with Crippen molar-refractivity contribution in [3.8, 4) is 0 Å². The Bertz CT molecular complexity index is 896. The standard InChI is InChI=1S/C18H12F3N3O/c19-12-2-4-13(5-3-12)23-17-8-6-14(10-22-17)24-18(25)11-1-7-15(20)16(21)9-11/h1-10H,(H,22,23)(H,24,25). The van der Waals surface area contributed by atoms with E-state index in [4.69, 9.17) is 0 Å². The Morgan fingerprint density at radius 3 is 2.20 bits per heavy atom. The number of halogens is 3. The maximum Gasteiger partial charge on any atom is 0.255 e. The molecule has 1 amide bonds. The van der Waals surface area contributed by atoms with Crippen molar-refractivity contribution >= 4 is 23.1 Å². The van der Waals surface area contributed by atoms with Gasteiger partial charge in [-0.15, -0.1) is 0 Å². The average molecular weight is 343 g/mol. The molecule has 2 aromatic carbocycles. The molecule has 0 fully saturated rings. The van der Waals surface area contributed by atoms with Crippen LogP contribution in [-0.4, -0.2) is 10.9 Å². The molecule has 0 bridgehead atoms. The van der Waals surface area contributed by atoms with Crippen LogP contribution in [0.2, 0.25) is 0 Å². The molecule has 2 N–H and O–H groups in total. The molecular weight excluding hydrogens is 331 g/mol. The highest BCUT2D eigenvalue weighted by Crippen LogP contribution is 2.17. The predicted octanol–water partition coefficient (Wildman–Crippen LogP) is 4.49. The number of nitrogens with zero attached hydrogens (tertiary/aromatic N) is 1. The maximum atomic E-state index is 13.2. The number of amides is 1. The summed E-state index contributed by atoms with van der Waals surface area (Å²) >= 11 is 0. The largest absolute Gasteiger partial charge is 0.340 e. The maximum absolute atomic E-state index is 13.2. The first-order valence-electron chi connectivity index (χ1n) is 7.26. The fourth-order valence-corrected chi connectivity index (χ4v) is 2.06. The van der Waals surface area contributed by atoms with Crippen LogP contribution in [0.4, 0.5) is 30.4 Å². The SMILES string of the molecule is O=C(Nc1ccc(Nc2ccc(F)cc2)nc1)c1ccc(F)c(F)c1. The van der Waals surface area contributed by atoms with Crippen LogP contribution in [0.5, 0.6) is 0 Å². The summed E-state index contributed by atoms with van der Waals surface area (Å²) in [5, 5.41) is 5.51. The molecule has 0 radical (unpaired) electrons. The Morgan fingerprint density at radius 2 is 1.56 bits per heavy atom. The number of hydrogen-bond acceptors (Lipinski definition) is 3. The number of rotatable bonds is 4. The molecule has 25 heavy (non-hydrogen) atoms. The van der Waals surface area contributed by atoms with Crippen LogP contribution in [0.1, 0.15) is 10.4 Å². The van der Waals surface area contributed by atoms with Crippen molar-refractivity contribution in [3.63, 3.8) is 0 Å². The quantitative estimate of drug-likeness (QED) is 0.734. The lowest BCUT2D eigenvalue weighted by molar-refractivity contribution is 0.102. The van der Waals surface area contributed by atoms with E-state index in [-0.39, 0.29) is 11.4 Å². The van der Waals surface area contributed by atoms with Crippen LogP contribution in [0.25, 0.3) is 0 Å². The number of anilines is 3. The number of carbonyl (C=O) groups is 1. The van der Waals surface area contributed by atoms with E-state index in [0.717, 1.165) is 12.1 Å². The average Bonchev–Trinajstić information content (AvgIpc) is 2.61. The summed E-state index contributed by atoms with van der Waals surface area (Å²) < 4.78 is 38.9. The lowest BCUT2D eigenvalue weighted by Crippen LogP contribution is -2.12. The normalized spacial score (nSPS) is 10.4. The van der Waals surface area contributed by atoms with Gasteiger partial charge in [0.15, 0.2) is 11.6 Å². The third-order valence-electron chi connectivity index (χ3n) is 3.32. The van der Waals surface area contributed by atoms with E-state index in [1.54, 1.807) is 24.3 Å². The van der Waals surface area contributed by atoms with E-state index in [1.807, 2.05) is 0 Å². The summed E-state index contributed by atoms with van der Waals surface area (Å²) in [6.45, 7) is 0. The Labute approximate surface area is 141 Å². The molecule has 0 atom stereocenters. The van der Waals surface area contributed by atoms with Crippen LogP contribution < -0.4 is 10.6 Å². The Balaban J connectivity index is 1.66. The summed E-state index contributed by atoms with van der Waals surface area (Å²) in [7, 11) is 0. The van der Waals surface area contributed by atoms with Crippen molar-refractivity contribution in [2.45, 2.75) is 0 Å². The van der Waals surface area contributed by atoms with Crippen molar-refractivity contribution in [1.82, 2.24) is 4.98 Å². The highest BCUT2D eigenvalue weighted by Gasteiger charge is 2.10. The molecule has 0 saturated heterocycles. The molecule has 0 unspecified atom stereocenters. The van der Waals surface area contributed by atoms with Gasteiger partial charge in [-0.05, 0) is 54.6 Å². The van der Waals surface area contributed by atoms with Crippen LogP contribution in [0.3, 0.4) is 0 Å². The van der Waals surface area contributed by atoms with Gasteiger partial charge in [0.25, 0.3) is 5.91 Å². The van der Waals surface area contributed by atoms with Gasteiger partial charge in [-0.3, -0.25) is 4.79 Å². The minimum atomic E-state index is -1.09. The fraction of sp³-hybridized carbons (Fsp3) is 0. The van der Waals surface area contributed by atoms with Crippen LogP contribution in [-0.2, 0) is 0 Å². The number of pyridine rings is 1. The molecule has 0 saturated carbocycles. The van der Waals surface area contributed by atoms with Crippen molar-refractivity contribution in [1.29, 1.82) is 0 Å². The fourth-order valence-electron chi connectivity index (χ4n) is 2.06. The number of nitrogens with one attached hydrogen (secondary N) is 2. The minimum absolute atomic E-state index is 0.00702. The lowest BCUT2D eigenvalue weighted by atomic mass is 10.2. The molecule has 3 aromatic rings. The van der Waals surface area contributed by atoms with Crippen molar-refractivity contribution < 1.29 is 18.0 Å². The molecule has 0 spiro atoms. The topological polar surface area (TPSA) is 54.0 Å². The molecule has 0 aliphatic rings. The first-order chi connectivity index (χ1) is 12.0. The van der Waals surface area contributed by atoms with Crippen molar-refractivity contribution in [3.05, 3.63) is 83.8 Å². The predicted molar refractivity (Wildman–Crippen MR) is 88.2 cm³/mol. The summed E-state index contributed by atoms with van der Waals surface area (Å²) in [5.41, 5.74) is 1.04. The number of aromatic nitrogens is 1. The van der Waals surface area contributed by atoms with Gasteiger partial charge in [0, 0.05) is 11.3 Å². The zero-order valence-corrected chi connectivity index (χ0v) is 12.8. The molecule has 4 nitrogen and oxygen atoms in total. The van der Waals surface area contributed by atoms with E-state index in [1.165, 1.54) is 24.4 Å². The van der Waals surface area contributed by atoms with Gasteiger partial charge in [0.05, 0.1) is 11.9 Å². The van der Waals surface area contributed by atoms with Gasteiger partial charge in [0.1, 0.15) is 11.6 Å². The van der Waals surface area contributed by atoms with Gasteiger partial charge < -0.3 is 10.6 Å². The van der Waals surface area contributed by atoms with Crippen LogP contribution >= 0.6 is 0 Å². The summed E-state index contributed by atoms with van der Waals surface area (Å²) in [6, 6.07) is 11.9. The van der Waals surface area contributed by atoms with E-state index in [2.05, 4.69) is 15.6 Å². The smallest absolute Gasteiger partial charge is 0.255 e. The molecular formula is C18H12F3N3O. The molecule has 1 aromatic heterocycles. The number of benzene rings is 2. The van der Waals surface area contributed by atoms with E-state index in [9.17, 15) is 18.0 Å². The summed E-state index contributed by atoms with van der Waals surface area (Å²) in [6.07, 6.45) is 1.41. The van der Waals surface area contributed by atoms with Crippen LogP contribution in [0.15, 0.2) is 60.8 Å². The van der Waals surface area contributed by atoms with E-state index >= 15 is 0 Å². The molecule has 0 aliphatic carbocycles. The second kappa shape index (κ2) is 7.04. The lowest BCUT2D eigenvalue weighted by Gasteiger charge is -2.08. The monoisotopic (exact) mass is 343 g/mol. The first-order valence-corrected chi connectivity index (χ1v) is 7.26. The van der Waals surface area contributed by atoms with Gasteiger partial charge >= 0.3 is 0 Å². The summed E-state index contributed by atoms with van der Waals surface area (Å²) in [5.74, 6) is -2.54. The molecule has 7 heteroatoms. The van der Waals surface area contributed by atoms with Crippen molar-refractivity contribution in [2.24, 2.45) is 0 Å². The van der Waals surface area contributed by atoms with Gasteiger partial charge in [-0.25, -0.2) is 18.2 Å². The van der Waals surface area contributed by atoms with E-state index < -0.39 is 17.5 Å². The highest BCUT2D eigenvalue weighted by atomic mass is 19.2. The van der Waals surface area contributed by atoms with Gasteiger partial charge in [0.2, 0.25) is 0 Å². The Kier molecular flexibility index (Phi) is 4.65. The highest BCUT2D eigenvalue weighted by molar-refractivity contribution is 6.04. The second-order valence-electron chi connectivity index (χ2n) is 5.15. The van der Waals surface area contributed by atoms with E-state index in [0.29, 0.717) is 17.2 Å². The third kappa shape index (κ3) is 4.14. The zero-order chi connectivity index (χ0) is 17.8. The molecule has 0 aliphatic heterocycles. The molecule has 3 rings (SSSR count). The van der Waals surface area contributed by atoms with Crippen LogP contribution in [0, 0.1) is 17.5 Å². The molecule has 126 valence electrons. The number of carbonyl (C=O) groups excluding carboxylic acids is 1. The van der Waals surface area contributed by atoms with Gasteiger partial charge in [-0.1, -0.05) is 0 Å². The minimum Gasteiger partial charge on any atom is -0.340 e. The third-order valence-corrected chi connectivity index (χ3v) is 3.32. The first kappa shape index (κ1) is 16.5.